The molecule has 2 aromatic carbocycles. The molecule has 0 atom stereocenters. The first-order chi connectivity index (χ1) is 12.6. The molecule has 0 aliphatic rings. The van der Waals surface area contributed by atoms with Gasteiger partial charge in [-0.25, -0.2) is 13.2 Å². The van der Waals surface area contributed by atoms with Crippen LogP contribution in [0.5, 0.6) is 0 Å². The first-order valence-electron chi connectivity index (χ1n) is 8.15. The molecule has 0 unspecified atom stereocenters. The number of esters is 1. The first-order valence-corrected chi connectivity index (χ1v) is 10.0. The van der Waals surface area contributed by atoms with Crippen molar-refractivity contribution in [3.05, 3.63) is 59.2 Å². The minimum Gasteiger partial charge on any atom is -0.465 e. The van der Waals surface area contributed by atoms with Gasteiger partial charge in [-0.15, -0.1) is 0 Å². The molecule has 1 amide bonds. The SMILES string of the molecule is COC(=O)c1ccccc1NC(=O)CN(c1ccc(C)c(C)c1)S(C)(=O)=O. The van der Waals surface area contributed by atoms with Crippen molar-refractivity contribution in [1.29, 1.82) is 0 Å². The molecule has 27 heavy (non-hydrogen) atoms. The molecule has 0 spiro atoms. The number of hydrogen-bond donors (Lipinski definition) is 1. The van der Waals surface area contributed by atoms with Gasteiger partial charge >= 0.3 is 5.97 Å². The van der Waals surface area contributed by atoms with Crippen LogP contribution in [-0.4, -0.2) is 40.2 Å². The fraction of sp³-hybridized carbons (Fsp3) is 0.263. The molecule has 0 saturated heterocycles. The standard InChI is InChI=1S/C19H22N2O5S/c1-13-9-10-15(11-14(13)2)21(27(4,24)25)12-18(22)20-17-8-6-5-7-16(17)19(23)26-3/h5-11H,12H2,1-4H3,(H,20,22). The molecule has 0 aromatic heterocycles. The second kappa shape index (κ2) is 8.22. The number of benzene rings is 2. The molecule has 1 N–H and O–H groups in total. The number of nitrogens with zero attached hydrogens (tertiary/aromatic N) is 1. The summed E-state index contributed by atoms with van der Waals surface area (Å²) in [4.78, 5) is 24.3. The average molecular weight is 390 g/mol. The van der Waals surface area contributed by atoms with E-state index in [1.54, 1.807) is 36.4 Å². The summed E-state index contributed by atoms with van der Waals surface area (Å²) < 4.78 is 30.1. The summed E-state index contributed by atoms with van der Waals surface area (Å²) in [5.41, 5.74) is 2.77. The Labute approximate surface area is 159 Å². The number of ether oxygens (including phenoxy) is 1. The highest BCUT2D eigenvalue weighted by Gasteiger charge is 2.22. The van der Waals surface area contributed by atoms with Gasteiger partial charge in [0.2, 0.25) is 15.9 Å². The van der Waals surface area contributed by atoms with Gasteiger partial charge in [-0.2, -0.15) is 0 Å². The minimum absolute atomic E-state index is 0.186. The Morgan fingerprint density at radius 3 is 2.33 bits per heavy atom. The van der Waals surface area contributed by atoms with E-state index in [1.165, 1.54) is 13.2 Å². The van der Waals surface area contributed by atoms with Gasteiger partial charge in [0.25, 0.3) is 0 Å². The van der Waals surface area contributed by atoms with Crippen molar-refractivity contribution in [2.45, 2.75) is 13.8 Å². The topological polar surface area (TPSA) is 92.8 Å². The third kappa shape index (κ3) is 5.07. The summed E-state index contributed by atoms with van der Waals surface area (Å²) >= 11 is 0. The molecular weight excluding hydrogens is 368 g/mol. The van der Waals surface area contributed by atoms with Gasteiger partial charge in [0.1, 0.15) is 6.54 Å². The Hall–Kier alpha value is -2.87. The molecule has 8 heteroatoms. The molecule has 0 fully saturated rings. The second-order valence-electron chi connectivity index (χ2n) is 6.12. The first kappa shape index (κ1) is 20.4. The van der Waals surface area contributed by atoms with E-state index in [9.17, 15) is 18.0 Å². The number of amides is 1. The van der Waals surface area contributed by atoms with Crippen LogP contribution in [0.4, 0.5) is 11.4 Å². The molecule has 2 rings (SSSR count). The highest BCUT2D eigenvalue weighted by Crippen LogP contribution is 2.22. The van der Waals surface area contributed by atoms with Crippen LogP contribution in [0.2, 0.25) is 0 Å². The molecule has 2 aromatic rings. The molecule has 0 aliphatic carbocycles. The quantitative estimate of drug-likeness (QED) is 0.765. The highest BCUT2D eigenvalue weighted by atomic mass is 32.2. The normalized spacial score (nSPS) is 11.0. The molecule has 7 nitrogen and oxygen atoms in total. The van der Waals surface area contributed by atoms with Crippen molar-refractivity contribution in [1.82, 2.24) is 0 Å². The summed E-state index contributed by atoms with van der Waals surface area (Å²) in [6.07, 6.45) is 1.04. The summed E-state index contributed by atoms with van der Waals surface area (Å²) in [6.45, 7) is 3.36. The number of carbonyl (C=O) groups excluding carboxylic acids is 2. The van der Waals surface area contributed by atoms with E-state index in [4.69, 9.17) is 4.74 Å². The molecule has 0 saturated carbocycles. The van der Waals surface area contributed by atoms with Crippen LogP contribution >= 0.6 is 0 Å². The van der Waals surface area contributed by atoms with Gasteiger partial charge in [0, 0.05) is 0 Å². The third-order valence-electron chi connectivity index (χ3n) is 4.07. The predicted octanol–water partition coefficient (Wildman–Crippen LogP) is 2.49. The minimum atomic E-state index is -3.69. The van der Waals surface area contributed by atoms with E-state index in [0.29, 0.717) is 5.69 Å². The fourth-order valence-electron chi connectivity index (χ4n) is 2.48. The van der Waals surface area contributed by atoms with Crippen molar-refractivity contribution in [2.24, 2.45) is 0 Å². The number of nitrogens with one attached hydrogen (secondary N) is 1. The third-order valence-corrected chi connectivity index (χ3v) is 5.21. The van der Waals surface area contributed by atoms with Gasteiger partial charge in [0.05, 0.1) is 30.3 Å². The maximum Gasteiger partial charge on any atom is 0.339 e. The van der Waals surface area contributed by atoms with E-state index in [2.05, 4.69) is 5.32 Å². The maximum atomic E-state index is 12.5. The molecule has 0 heterocycles. The lowest BCUT2D eigenvalue weighted by Crippen LogP contribution is -2.37. The van der Waals surface area contributed by atoms with Crippen LogP contribution in [0.1, 0.15) is 21.5 Å². The Morgan fingerprint density at radius 1 is 1.07 bits per heavy atom. The van der Waals surface area contributed by atoms with Crippen molar-refractivity contribution in [3.8, 4) is 0 Å². The van der Waals surface area contributed by atoms with E-state index in [1.807, 2.05) is 13.8 Å². The van der Waals surface area contributed by atoms with Gasteiger partial charge in [-0.1, -0.05) is 18.2 Å². The Bertz CT molecular complexity index is 970. The summed E-state index contributed by atoms with van der Waals surface area (Å²) in [5, 5.41) is 2.58. The van der Waals surface area contributed by atoms with E-state index in [0.717, 1.165) is 21.7 Å². The highest BCUT2D eigenvalue weighted by molar-refractivity contribution is 7.92. The van der Waals surface area contributed by atoms with Crippen LogP contribution in [0.3, 0.4) is 0 Å². The number of anilines is 2. The summed E-state index contributed by atoms with van der Waals surface area (Å²) in [6, 6.07) is 11.5. The van der Waals surface area contributed by atoms with Crippen LogP contribution in [-0.2, 0) is 19.6 Å². The lowest BCUT2D eigenvalue weighted by atomic mass is 10.1. The van der Waals surface area contributed by atoms with Gasteiger partial charge in [0.15, 0.2) is 0 Å². The van der Waals surface area contributed by atoms with E-state index >= 15 is 0 Å². The average Bonchev–Trinajstić information content (AvgIpc) is 2.61. The summed E-state index contributed by atoms with van der Waals surface area (Å²) in [5.74, 6) is -1.17. The van der Waals surface area contributed by atoms with Gasteiger partial charge < -0.3 is 10.1 Å². The predicted molar refractivity (Wildman–Crippen MR) is 105 cm³/mol. The molecule has 144 valence electrons. The van der Waals surface area contributed by atoms with Gasteiger partial charge in [-0.05, 0) is 49.2 Å². The largest absolute Gasteiger partial charge is 0.465 e. The number of aryl methyl sites for hydroxylation is 2. The van der Waals surface area contributed by atoms with Crippen LogP contribution < -0.4 is 9.62 Å². The zero-order valence-electron chi connectivity index (χ0n) is 15.6. The Balaban J connectivity index is 2.28. The number of hydrogen-bond acceptors (Lipinski definition) is 5. The summed E-state index contributed by atoms with van der Waals surface area (Å²) in [7, 11) is -2.44. The number of para-hydroxylation sites is 1. The lowest BCUT2D eigenvalue weighted by molar-refractivity contribution is -0.114. The van der Waals surface area contributed by atoms with Crippen LogP contribution in [0.15, 0.2) is 42.5 Å². The van der Waals surface area contributed by atoms with Crippen molar-refractivity contribution in [3.63, 3.8) is 0 Å². The van der Waals surface area contributed by atoms with E-state index < -0.39 is 28.4 Å². The fourth-order valence-corrected chi connectivity index (χ4v) is 3.33. The van der Waals surface area contributed by atoms with Crippen LogP contribution in [0, 0.1) is 13.8 Å². The van der Waals surface area contributed by atoms with E-state index in [-0.39, 0.29) is 11.3 Å². The zero-order chi connectivity index (χ0) is 20.2. The maximum absolute atomic E-state index is 12.5. The Morgan fingerprint density at radius 2 is 1.74 bits per heavy atom. The number of methoxy groups -OCH3 is 1. The zero-order valence-corrected chi connectivity index (χ0v) is 16.5. The molecule has 0 bridgehead atoms. The van der Waals surface area contributed by atoms with Gasteiger partial charge in [-0.3, -0.25) is 9.10 Å². The molecule has 0 aliphatic heterocycles. The molecular formula is C19H22N2O5S. The van der Waals surface area contributed by atoms with Crippen molar-refractivity contribution in [2.75, 3.05) is 29.5 Å². The second-order valence-corrected chi connectivity index (χ2v) is 8.03. The lowest BCUT2D eigenvalue weighted by Gasteiger charge is -2.23. The van der Waals surface area contributed by atoms with Crippen molar-refractivity contribution < 1.29 is 22.7 Å². The number of rotatable bonds is 6. The van der Waals surface area contributed by atoms with Crippen LogP contribution in [0.25, 0.3) is 0 Å². The van der Waals surface area contributed by atoms with Crippen molar-refractivity contribution >= 4 is 33.3 Å². The number of carbonyl (C=O) groups is 2. The number of sulfonamides is 1. The molecule has 0 radical (unpaired) electrons. The Kier molecular flexibility index (Phi) is 6.22. The monoisotopic (exact) mass is 390 g/mol. The smallest absolute Gasteiger partial charge is 0.339 e.